The highest BCUT2D eigenvalue weighted by molar-refractivity contribution is 7.91. The van der Waals surface area contributed by atoms with Crippen LogP contribution in [0.3, 0.4) is 0 Å². The molecule has 0 atom stereocenters. The molecule has 88 valence electrons. The number of anilines is 1. The minimum absolute atomic E-state index is 0.174. The molecule has 1 saturated heterocycles. The first-order valence-electron chi connectivity index (χ1n) is 4.93. The van der Waals surface area contributed by atoms with Gasteiger partial charge in [0.1, 0.15) is 0 Å². The molecule has 0 radical (unpaired) electrons. The molecule has 7 heteroatoms. The van der Waals surface area contributed by atoms with Crippen molar-refractivity contribution in [1.82, 2.24) is 9.97 Å². The van der Waals surface area contributed by atoms with Crippen molar-refractivity contribution in [1.29, 1.82) is 0 Å². The molecule has 0 bridgehead atoms. The SMILES string of the molecule is O=S1(=O)CCN(c2ncc(CCl)cn2)CC1. The molecule has 2 rings (SSSR count). The maximum atomic E-state index is 11.2. The second-order valence-electron chi connectivity index (χ2n) is 3.66. The van der Waals surface area contributed by atoms with Crippen LogP contribution in [0, 0.1) is 0 Å². The molecule has 1 aliphatic heterocycles. The smallest absolute Gasteiger partial charge is 0.225 e. The van der Waals surface area contributed by atoms with E-state index in [-0.39, 0.29) is 11.5 Å². The van der Waals surface area contributed by atoms with Gasteiger partial charge in [-0.3, -0.25) is 0 Å². The Morgan fingerprint density at radius 2 is 1.81 bits per heavy atom. The van der Waals surface area contributed by atoms with Gasteiger partial charge in [0.2, 0.25) is 5.95 Å². The van der Waals surface area contributed by atoms with E-state index in [1.807, 2.05) is 4.90 Å². The lowest BCUT2D eigenvalue weighted by Gasteiger charge is -2.26. The molecule has 2 heterocycles. The van der Waals surface area contributed by atoms with E-state index in [1.165, 1.54) is 0 Å². The van der Waals surface area contributed by atoms with Gasteiger partial charge in [-0.15, -0.1) is 11.6 Å². The van der Waals surface area contributed by atoms with Gasteiger partial charge in [0, 0.05) is 31.0 Å². The summed E-state index contributed by atoms with van der Waals surface area (Å²) in [5.74, 6) is 1.30. The molecular formula is C9H12ClN3O2S. The van der Waals surface area contributed by atoms with Crippen LogP contribution >= 0.6 is 11.6 Å². The van der Waals surface area contributed by atoms with E-state index in [0.29, 0.717) is 24.9 Å². The van der Waals surface area contributed by atoms with Crippen LogP contribution < -0.4 is 4.90 Å². The minimum atomic E-state index is -2.85. The van der Waals surface area contributed by atoms with Crippen LogP contribution in [0.4, 0.5) is 5.95 Å². The zero-order chi connectivity index (χ0) is 11.6. The zero-order valence-electron chi connectivity index (χ0n) is 8.63. The van der Waals surface area contributed by atoms with Gasteiger partial charge >= 0.3 is 0 Å². The highest BCUT2D eigenvalue weighted by Gasteiger charge is 2.22. The average Bonchev–Trinajstić information content (AvgIpc) is 2.29. The zero-order valence-corrected chi connectivity index (χ0v) is 10.2. The van der Waals surface area contributed by atoms with Crippen molar-refractivity contribution in [2.45, 2.75) is 5.88 Å². The van der Waals surface area contributed by atoms with Crippen molar-refractivity contribution in [3.05, 3.63) is 18.0 Å². The van der Waals surface area contributed by atoms with Crippen LogP contribution in [0.2, 0.25) is 0 Å². The fourth-order valence-electron chi connectivity index (χ4n) is 1.49. The van der Waals surface area contributed by atoms with Gasteiger partial charge < -0.3 is 4.90 Å². The van der Waals surface area contributed by atoms with Gasteiger partial charge in [0.25, 0.3) is 0 Å². The fraction of sp³-hybridized carbons (Fsp3) is 0.556. The largest absolute Gasteiger partial charge is 0.339 e. The number of rotatable bonds is 2. The number of alkyl halides is 1. The first kappa shape index (κ1) is 11.6. The van der Waals surface area contributed by atoms with Gasteiger partial charge in [0.05, 0.1) is 17.4 Å². The van der Waals surface area contributed by atoms with E-state index in [1.54, 1.807) is 12.4 Å². The summed E-state index contributed by atoms with van der Waals surface area (Å²) >= 11 is 5.63. The molecule has 1 aliphatic rings. The van der Waals surface area contributed by atoms with Crippen molar-refractivity contribution in [2.75, 3.05) is 29.5 Å². The van der Waals surface area contributed by atoms with Crippen molar-refractivity contribution in [2.24, 2.45) is 0 Å². The number of nitrogens with zero attached hydrogens (tertiary/aromatic N) is 3. The predicted molar refractivity (Wildman–Crippen MR) is 62.5 cm³/mol. The minimum Gasteiger partial charge on any atom is -0.339 e. The van der Waals surface area contributed by atoms with E-state index in [0.717, 1.165) is 5.56 Å². The molecule has 0 saturated carbocycles. The van der Waals surface area contributed by atoms with Crippen LogP contribution in [0.1, 0.15) is 5.56 Å². The van der Waals surface area contributed by atoms with Gasteiger partial charge in [-0.25, -0.2) is 18.4 Å². The summed E-state index contributed by atoms with van der Waals surface area (Å²) < 4.78 is 22.5. The quantitative estimate of drug-likeness (QED) is 0.724. The molecule has 0 aromatic carbocycles. The average molecular weight is 262 g/mol. The van der Waals surface area contributed by atoms with E-state index in [2.05, 4.69) is 9.97 Å². The van der Waals surface area contributed by atoms with Crippen molar-refractivity contribution in [3.63, 3.8) is 0 Å². The van der Waals surface area contributed by atoms with E-state index in [9.17, 15) is 8.42 Å². The first-order valence-corrected chi connectivity index (χ1v) is 7.28. The maximum absolute atomic E-state index is 11.2. The lowest BCUT2D eigenvalue weighted by atomic mass is 10.4. The third kappa shape index (κ3) is 2.62. The maximum Gasteiger partial charge on any atom is 0.225 e. The first-order chi connectivity index (χ1) is 7.61. The molecule has 1 fully saturated rings. The standard InChI is InChI=1S/C9H12ClN3O2S/c10-5-8-6-11-9(12-7-8)13-1-3-16(14,15)4-2-13/h6-7H,1-5H2. The second kappa shape index (κ2) is 4.55. The molecule has 0 spiro atoms. The Kier molecular flexibility index (Phi) is 3.30. The molecule has 1 aromatic heterocycles. The highest BCUT2D eigenvalue weighted by atomic mass is 35.5. The van der Waals surface area contributed by atoms with Crippen molar-refractivity contribution < 1.29 is 8.42 Å². The van der Waals surface area contributed by atoms with Crippen LogP contribution in [0.25, 0.3) is 0 Å². The summed E-state index contributed by atoms with van der Waals surface area (Å²) in [5, 5.41) is 0. The third-order valence-electron chi connectivity index (χ3n) is 2.47. The van der Waals surface area contributed by atoms with Crippen LogP contribution in [-0.2, 0) is 15.7 Å². The van der Waals surface area contributed by atoms with Crippen molar-refractivity contribution >= 4 is 27.4 Å². The van der Waals surface area contributed by atoms with E-state index >= 15 is 0 Å². The Morgan fingerprint density at radius 3 is 2.31 bits per heavy atom. The molecule has 0 amide bonds. The topological polar surface area (TPSA) is 63.2 Å². The Bertz CT molecular complexity index is 446. The van der Waals surface area contributed by atoms with Gasteiger partial charge in [-0.1, -0.05) is 0 Å². The third-order valence-corrected chi connectivity index (χ3v) is 4.39. The normalized spacial score (nSPS) is 19.7. The predicted octanol–water partition coefficient (Wildman–Crippen LogP) is 0.450. The summed E-state index contributed by atoms with van der Waals surface area (Å²) in [7, 11) is -2.85. The molecule has 0 aliphatic carbocycles. The Labute approximate surface area is 99.4 Å². The van der Waals surface area contributed by atoms with Gasteiger partial charge in [-0.05, 0) is 0 Å². The number of halogens is 1. The van der Waals surface area contributed by atoms with Crippen molar-refractivity contribution in [3.8, 4) is 0 Å². The number of hydrogen-bond donors (Lipinski definition) is 0. The van der Waals surface area contributed by atoms with Crippen LogP contribution in [0.5, 0.6) is 0 Å². The monoisotopic (exact) mass is 261 g/mol. The Morgan fingerprint density at radius 1 is 1.25 bits per heavy atom. The molecule has 0 N–H and O–H groups in total. The number of sulfone groups is 1. The Hall–Kier alpha value is -0.880. The van der Waals surface area contributed by atoms with E-state index in [4.69, 9.17) is 11.6 Å². The van der Waals surface area contributed by atoms with Crippen LogP contribution in [-0.4, -0.2) is 43.0 Å². The highest BCUT2D eigenvalue weighted by Crippen LogP contribution is 2.12. The molecule has 0 unspecified atom stereocenters. The van der Waals surface area contributed by atoms with Gasteiger partial charge in [-0.2, -0.15) is 0 Å². The summed E-state index contributed by atoms with van der Waals surface area (Å²) in [6.07, 6.45) is 3.33. The van der Waals surface area contributed by atoms with Crippen LogP contribution in [0.15, 0.2) is 12.4 Å². The molecule has 5 nitrogen and oxygen atoms in total. The number of aromatic nitrogens is 2. The Balaban J connectivity index is 2.08. The fourth-order valence-corrected chi connectivity index (χ4v) is 2.83. The summed E-state index contributed by atoms with van der Waals surface area (Å²) in [5.41, 5.74) is 0.857. The van der Waals surface area contributed by atoms with Gasteiger partial charge in [0.15, 0.2) is 9.84 Å². The molecular weight excluding hydrogens is 250 g/mol. The number of hydrogen-bond acceptors (Lipinski definition) is 5. The summed E-state index contributed by atoms with van der Waals surface area (Å²) in [6.45, 7) is 0.922. The second-order valence-corrected chi connectivity index (χ2v) is 6.23. The lowest BCUT2D eigenvalue weighted by molar-refractivity contribution is 0.585. The molecule has 1 aromatic rings. The lowest BCUT2D eigenvalue weighted by Crippen LogP contribution is -2.41. The van der Waals surface area contributed by atoms with E-state index < -0.39 is 9.84 Å². The summed E-state index contributed by atoms with van der Waals surface area (Å²) in [6, 6.07) is 0. The molecule has 16 heavy (non-hydrogen) atoms. The summed E-state index contributed by atoms with van der Waals surface area (Å²) in [4.78, 5) is 10.2.